The second kappa shape index (κ2) is 7.65. The van der Waals surface area contributed by atoms with Crippen molar-refractivity contribution in [3.8, 4) is 0 Å². The van der Waals surface area contributed by atoms with Crippen molar-refractivity contribution in [2.24, 2.45) is 0 Å². The zero-order valence-electron chi connectivity index (χ0n) is 12.7. The number of carbonyl (C=O) groups excluding carboxylic acids is 1. The van der Waals surface area contributed by atoms with Crippen molar-refractivity contribution in [1.82, 2.24) is 15.0 Å². The van der Waals surface area contributed by atoms with E-state index in [1.165, 1.54) is 12.1 Å². The van der Waals surface area contributed by atoms with Crippen molar-refractivity contribution in [2.45, 2.75) is 26.3 Å². The van der Waals surface area contributed by atoms with Crippen LogP contribution in [0.2, 0.25) is 0 Å². The van der Waals surface area contributed by atoms with Crippen LogP contribution in [0.5, 0.6) is 0 Å². The standard InChI is InChI=1S/C15H19FN4O2/c1-3-5-13-18-15(22-19-13)10-20(2)9-14(21)17-12-7-4-6-11(16)8-12/h4,6-8H,3,5,9-10H2,1-2H3,(H,17,21). The van der Waals surface area contributed by atoms with E-state index in [-0.39, 0.29) is 18.3 Å². The molecule has 0 bridgehead atoms. The Balaban J connectivity index is 1.82. The molecule has 0 saturated heterocycles. The molecule has 0 saturated carbocycles. The number of hydrogen-bond donors (Lipinski definition) is 1. The molecule has 0 aliphatic rings. The number of nitrogens with zero attached hydrogens (tertiary/aromatic N) is 3. The molecule has 2 rings (SSSR count). The normalized spacial score (nSPS) is 10.9. The third-order valence-corrected chi connectivity index (χ3v) is 2.91. The third-order valence-electron chi connectivity index (χ3n) is 2.91. The number of anilines is 1. The Morgan fingerprint density at radius 2 is 2.27 bits per heavy atom. The highest BCUT2D eigenvalue weighted by atomic mass is 19.1. The number of benzene rings is 1. The lowest BCUT2D eigenvalue weighted by molar-refractivity contribution is -0.117. The first-order valence-corrected chi connectivity index (χ1v) is 7.12. The van der Waals surface area contributed by atoms with Gasteiger partial charge in [0.25, 0.3) is 0 Å². The van der Waals surface area contributed by atoms with Crippen LogP contribution in [0.1, 0.15) is 25.1 Å². The average Bonchev–Trinajstić information content (AvgIpc) is 2.86. The van der Waals surface area contributed by atoms with E-state index >= 15 is 0 Å². The number of likely N-dealkylation sites (N-methyl/N-ethyl adjacent to an activating group) is 1. The van der Waals surface area contributed by atoms with E-state index in [2.05, 4.69) is 15.5 Å². The van der Waals surface area contributed by atoms with Crippen molar-refractivity contribution in [3.05, 3.63) is 41.8 Å². The van der Waals surface area contributed by atoms with E-state index in [1.54, 1.807) is 24.1 Å². The fourth-order valence-electron chi connectivity index (χ4n) is 1.98. The van der Waals surface area contributed by atoms with E-state index < -0.39 is 0 Å². The smallest absolute Gasteiger partial charge is 0.240 e. The third kappa shape index (κ3) is 4.92. The fourth-order valence-corrected chi connectivity index (χ4v) is 1.98. The lowest BCUT2D eigenvalue weighted by Crippen LogP contribution is -2.30. The van der Waals surface area contributed by atoms with Gasteiger partial charge in [0, 0.05) is 12.1 Å². The number of aromatic nitrogens is 2. The molecule has 1 aromatic heterocycles. The van der Waals surface area contributed by atoms with E-state index in [0.29, 0.717) is 23.9 Å². The van der Waals surface area contributed by atoms with Gasteiger partial charge in [-0.05, 0) is 31.7 Å². The van der Waals surface area contributed by atoms with Crippen LogP contribution >= 0.6 is 0 Å². The maximum absolute atomic E-state index is 13.0. The molecule has 1 aromatic carbocycles. The van der Waals surface area contributed by atoms with Gasteiger partial charge in [-0.15, -0.1) is 0 Å². The summed E-state index contributed by atoms with van der Waals surface area (Å²) in [5.74, 6) is 0.529. The van der Waals surface area contributed by atoms with Gasteiger partial charge in [0.2, 0.25) is 11.8 Å². The van der Waals surface area contributed by atoms with Gasteiger partial charge in [0.05, 0.1) is 13.1 Å². The first kappa shape index (κ1) is 16.1. The highest BCUT2D eigenvalue weighted by Gasteiger charge is 2.12. The second-order valence-electron chi connectivity index (χ2n) is 5.09. The molecule has 1 N–H and O–H groups in total. The molecule has 0 atom stereocenters. The predicted octanol–water partition coefficient (Wildman–Crippen LogP) is 2.23. The lowest BCUT2D eigenvalue weighted by atomic mass is 10.3. The Morgan fingerprint density at radius 1 is 1.45 bits per heavy atom. The van der Waals surface area contributed by atoms with E-state index in [1.807, 2.05) is 6.92 Å². The van der Waals surface area contributed by atoms with Crippen LogP contribution in [0.3, 0.4) is 0 Å². The van der Waals surface area contributed by atoms with Crippen molar-refractivity contribution in [1.29, 1.82) is 0 Å². The molecule has 1 amide bonds. The highest BCUT2D eigenvalue weighted by molar-refractivity contribution is 5.92. The summed E-state index contributed by atoms with van der Waals surface area (Å²) in [6, 6.07) is 5.77. The summed E-state index contributed by atoms with van der Waals surface area (Å²) in [5.41, 5.74) is 0.432. The van der Waals surface area contributed by atoms with Crippen LogP contribution in [0.25, 0.3) is 0 Å². The Kier molecular flexibility index (Phi) is 5.60. The molecular formula is C15H19FN4O2. The number of hydrogen-bond acceptors (Lipinski definition) is 5. The minimum Gasteiger partial charge on any atom is -0.338 e. The molecule has 2 aromatic rings. The first-order chi connectivity index (χ1) is 10.6. The van der Waals surface area contributed by atoms with Crippen LogP contribution in [-0.2, 0) is 17.8 Å². The number of amides is 1. The van der Waals surface area contributed by atoms with Crippen LogP contribution in [0.4, 0.5) is 10.1 Å². The second-order valence-corrected chi connectivity index (χ2v) is 5.09. The molecule has 0 aliphatic carbocycles. The Morgan fingerprint density at radius 3 is 3.00 bits per heavy atom. The molecule has 0 fully saturated rings. The Bertz CT molecular complexity index is 630. The molecule has 0 spiro atoms. The predicted molar refractivity (Wildman–Crippen MR) is 79.7 cm³/mol. The van der Waals surface area contributed by atoms with Crippen molar-refractivity contribution in [2.75, 3.05) is 18.9 Å². The molecule has 1 heterocycles. The monoisotopic (exact) mass is 306 g/mol. The van der Waals surface area contributed by atoms with Gasteiger partial charge in [-0.25, -0.2) is 4.39 Å². The summed E-state index contributed by atoms with van der Waals surface area (Å²) in [6.45, 7) is 2.56. The minimum atomic E-state index is -0.388. The fraction of sp³-hybridized carbons (Fsp3) is 0.400. The lowest BCUT2D eigenvalue weighted by Gasteiger charge is -2.13. The largest absolute Gasteiger partial charge is 0.338 e. The van der Waals surface area contributed by atoms with Gasteiger partial charge in [-0.2, -0.15) is 4.98 Å². The van der Waals surface area contributed by atoms with Gasteiger partial charge in [-0.3, -0.25) is 9.69 Å². The quantitative estimate of drug-likeness (QED) is 0.849. The van der Waals surface area contributed by atoms with Crippen molar-refractivity contribution >= 4 is 11.6 Å². The molecule has 0 aliphatic heterocycles. The topological polar surface area (TPSA) is 71.3 Å². The molecule has 0 unspecified atom stereocenters. The van der Waals surface area contributed by atoms with Crippen molar-refractivity contribution in [3.63, 3.8) is 0 Å². The maximum Gasteiger partial charge on any atom is 0.240 e. The van der Waals surface area contributed by atoms with E-state index in [4.69, 9.17) is 4.52 Å². The summed E-state index contributed by atoms with van der Waals surface area (Å²) in [4.78, 5) is 17.9. The van der Waals surface area contributed by atoms with Crippen LogP contribution < -0.4 is 5.32 Å². The number of halogens is 1. The molecule has 6 nitrogen and oxygen atoms in total. The van der Waals surface area contributed by atoms with Crippen molar-refractivity contribution < 1.29 is 13.7 Å². The van der Waals surface area contributed by atoms with Gasteiger partial charge in [-0.1, -0.05) is 18.1 Å². The molecule has 22 heavy (non-hydrogen) atoms. The SMILES string of the molecule is CCCc1noc(CN(C)CC(=O)Nc2cccc(F)c2)n1. The van der Waals surface area contributed by atoms with Crippen LogP contribution in [0.15, 0.2) is 28.8 Å². The minimum absolute atomic E-state index is 0.141. The number of rotatable bonds is 7. The number of carbonyl (C=O) groups is 1. The highest BCUT2D eigenvalue weighted by Crippen LogP contribution is 2.09. The molecular weight excluding hydrogens is 287 g/mol. The van der Waals surface area contributed by atoms with Crippen LogP contribution in [-0.4, -0.2) is 34.5 Å². The van der Waals surface area contributed by atoms with E-state index in [0.717, 1.165) is 12.8 Å². The Labute approximate surface area is 128 Å². The molecule has 118 valence electrons. The van der Waals surface area contributed by atoms with Gasteiger partial charge >= 0.3 is 0 Å². The van der Waals surface area contributed by atoms with E-state index in [9.17, 15) is 9.18 Å². The summed E-state index contributed by atoms with van der Waals surface area (Å²) in [6.07, 6.45) is 1.72. The van der Waals surface area contributed by atoms with Crippen LogP contribution in [0, 0.1) is 5.82 Å². The molecule has 7 heteroatoms. The zero-order valence-corrected chi connectivity index (χ0v) is 12.7. The summed E-state index contributed by atoms with van der Waals surface area (Å²) in [7, 11) is 1.77. The van der Waals surface area contributed by atoms with Gasteiger partial charge < -0.3 is 9.84 Å². The van der Waals surface area contributed by atoms with Gasteiger partial charge in [0.15, 0.2) is 5.82 Å². The summed E-state index contributed by atoms with van der Waals surface area (Å²) < 4.78 is 18.2. The number of aryl methyl sites for hydroxylation is 1. The number of nitrogens with one attached hydrogen (secondary N) is 1. The summed E-state index contributed by atoms with van der Waals surface area (Å²) in [5, 5.41) is 6.50. The molecule has 0 radical (unpaired) electrons. The Hall–Kier alpha value is -2.28. The van der Waals surface area contributed by atoms with Gasteiger partial charge in [0.1, 0.15) is 5.82 Å². The zero-order chi connectivity index (χ0) is 15.9. The first-order valence-electron chi connectivity index (χ1n) is 7.12. The average molecular weight is 306 g/mol. The summed E-state index contributed by atoms with van der Waals surface area (Å²) >= 11 is 0. The maximum atomic E-state index is 13.0.